The Kier molecular flexibility index (Phi) is 5.20. The summed E-state index contributed by atoms with van der Waals surface area (Å²) in [5.74, 6) is -0.560. The van der Waals surface area contributed by atoms with Crippen molar-refractivity contribution in [2.24, 2.45) is 0 Å². The van der Waals surface area contributed by atoms with Crippen LogP contribution in [0.3, 0.4) is 0 Å². The fourth-order valence-corrected chi connectivity index (χ4v) is 3.35. The zero-order valence-corrected chi connectivity index (χ0v) is 14.1. The summed E-state index contributed by atoms with van der Waals surface area (Å²) >= 11 is 5.83. The van der Waals surface area contributed by atoms with E-state index in [1.54, 1.807) is 6.07 Å². The molecule has 0 aliphatic heterocycles. The van der Waals surface area contributed by atoms with Crippen LogP contribution in [0.5, 0.6) is 0 Å². The summed E-state index contributed by atoms with van der Waals surface area (Å²) in [5.41, 5.74) is 0.331. The van der Waals surface area contributed by atoms with Gasteiger partial charge >= 0.3 is 0 Å². The molecule has 0 unspecified atom stereocenters. The first-order valence-corrected chi connectivity index (χ1v) is 8.97. The molecule has 0 saturated carbocycles. The molecule has 9 heteroatoms. The Bertz CT molecular complexity index is 912. The van der Waals surface area contributed by atoms with E-state index in [0.29, 0.717) is 5.56 Å². The van der Waals surface area contributed by atoms with Gasteiger partial charge in [0.2, 0.25) is 0 Å². The average Bonchev–Trinajstić information content (AvgIpc) is 2.52. The first-order chi connectivity index (χ1) is 11.2. The molecule has 0 bridgehead atoms. The van der Waals surface area contributed by atoms with Gasteiger partial charge in [-0.2, -0.15) is 0 Å². The maximum absolute atomic E-state index is 12.2. The molecule has 0 atom stereocenters. The lowest BCUT2D eigenvalue weighted by atomic mass is 10.1. The van der Waals surface area contributed by atoms with Crippen LogP contribution in [0.2, 0.25) is 5.02 Å². The minimum atomic E-state index is -3.58. The number of nitro groups is 1. The third-order valence-electron chi connectivity index (χ3n) is 3.22. The summed E-state index contributed by atoms with van der Waals surface area (Å²) in [6.07, 6.45) is 0.989. The van der Waals surface area contributed by atoms with Gasteiger partial charge in [-0.05, 0) is 18.2 Å². The quantitative estimate of drug-likeness (QED) is 0.644. The maximum Gasteiger partial charge on any atom is 0.274 e. The van der Waals surface area contributed by atoms with E-state index in [-0.39, 0.29) is 27.7 Å². The Morgan fingerprint density at radius 2 is 1.92 bits per heavy atom. The van der Waals surface area contributed by atoms with Crippen molar-refractivity contribution < 1.29 is 18.1 Å². The molecular formula is C15H13ClN2O5S. The minimum absolute atomic E-state index is 0.0211. The summed E-state index contributed by atoms with van der Waals surface area (Å²) in [6.45, 7) is -0.0627. The summed E-state index contributed by atoms with van der Waals surface area (Å²) in [4.78, 5) is 22.4. The molecule has 126 valence electrons. The van der Waals surface area contributed by atoms with Gasteiger partial charge in [0.25, 0.3) is 11.6 Å². The smallest absolute Gasteiger partial charge is 0.274 e. The summed E-state index contributed by atoms with van der Waals surface area (Å²) in [5, 5.41) is 13.5. The normalized spacial score (nSPS) is 11.1. The van der Waals surface area contributed by atoms with Gasteiger partial charge in [0.05, 0.1) is 14.8 Å². The van der Waals surface area contributed by atoms with Crippen molar-refractivity contribution in [1.29, 1.82) is 0 Å². The fourth-order valence-electron chi connectivity index (χ4n) is 2.04. The SMILES string of the molecule is CS(=O)(=O)c1cc(C(=O)NCc2ccccc2[N+](=O)[O-])ccc1Cl. The second-order valence-corrected chi connectivity index (χ2v) is 7.38. The van der Waals surface area contributed by atoms with Crippen molar-refractivity contribution in [3.8, 4) is 0 Å². The van der Waals surface area contributed by atoms with E-state index in [1.165, 1.54) is 36.4 Å². The molecule has 0 aliphatic rings. The van der Waals surface area contributed by atoms with Crippen molar-refractivity contribution in [3.63, 3.8) is 0 Å². The summed E-state index contributed by atoms with van der Waals surface area (Å²) < 4.78 is 23.3. The van der Waals surface area contributed by atoms with E-state index in [9.17, 15) is 23.3 Å². The highest BCUT2D eigenvalue weighted by atomic mass is 35.5. The Morgan fingerprint density at radius 1 is 1.25 bits per heavy atom. The van der Waals surface area contributed by atoms with E-state index in [0.717, 1.165) is 6.26 Å². The summed E-state index contributed by atoms with van der Waals surface area (Å²) in [6, 6.07) is 9.89. The van der Waals surface area contributed by atoms with Crippen LogP contribution in [0.25, 0.3) is 0 Å². The largest absolute Gasteiger partial charge is 0.348 e. The molecule has 0 saturated heterocycles. The molecule has 2 aromatic rings. The Morgan fingerprint density at radius 3 is 2.54 bits per heavy atom. The summed E-state index contributed by atoms with van der Waals surface area (Å²) in [7, 11) is -3.58. The monoisotopic (exact) mass is 368 g/mol. The minimum Gasteiger partial charge on any atom is -0.348 e. The zero-order chi connectivity index (χ0) is 17.9. The number of halogens is 1. The van der Waals surface area contributed by atoms with Crippen LogP contribution in [0.15, 0.2) is 47.4 Å². The molecule has 1 amide bonds. The molecule has 0 radical (unpaired) electrons. The van der Waals surface area contributed by atoms with Gasteiger partial charge in [-0.1, -0.05) is 29.8 Å². The Hall–Kier alpha value is -2.45. The highest BCUT2D eigenvalue weighted by Gasteiger charge is 2.17. The number of rotatable bonds is 5. The molecule has 0 aromatic heterocycles. The highest BCUT2D eigenvalue weighted by Crippen LogP contribution is 2.23. The van der Waals surface area contributed by atoms with Crippen molar-refractivity contribution >= 4 is 33.0 Å². The van der Waals surface area contributed by atoms with Gasteiger partial charge in [0.1, 0.15) is 0 Å². The molecule has 0 aliphatic carbocycles. The zero-order valence-electron chi connectivity index (χ0n) is 12.5. The van der Waals surface area contributed by atoms with E-state index < -0.39 is 20.7 Å². The second kappa shape index (κ2) is 6.98. The van der Waals surface area contributed by atoms with Gasteiger partial charge < -0.3 is 5.32 Å². The number of para-hydroxylation sites is 1. The number of nitrogens with zero attached hydrogens (tertiary/aromatic N) is 1. The number of benzene rings is 2. The van der Waals surface area contributed by atoms with Crippen LogP contribution in [0.4, 0.5) is 5.69 Å². The van der Waals surface area contributed by atoms with Crippen molar-refractivity contribution in [2.45, 2.75) is 11.4 Å². The van der Waals surface area contributed by atoms with E-state index in [4.69, 9.17) is 11.6 Å². The van der Waals surface area contributed by atoms with Crippen molar-refractivity contribution in [1.82, 2.24) is 5.32 Å². The number of carbonyl (C=O) groups excluding carboxylic acids is 1. The fraction of sp³-hybridized carbons (Fsp3) is 0.133. The predicted octanol–water partition coefficient (Wildman–Crippen LogP) is 2.58. The number of amides is 1. The molecule has 0 heterocycles. The van der Waals surface area contributed by atoms with E-state index in [2.05, 4.69) is 5.32 Å². The first kappa shape index (κ1) is 17.9. The number of nitro benzene ring substituents is 1. The van der Waals surface area contributed by atoms with E-state index in [1.807, 2.05) is 0 Å². The second-order valence-electron chi connectivity index (χ2n) is 4.99. The predicted molar refractivity (Wildman–Crippen MR) is 88.8 cm³/mol. The van der Waals surface area contributed by atoms with Gasteiger partial charge in [-0.3, -0.25) is 14.9 Å². The lowest BCUT2D eigenvalue weighted by Gasteiger charge is -2.08. The van der Waals surface area contributed by atoms with Gasteiger partial charge in [-0.25, -0.2) is 8.42 Å². The number of carbonyl (C=O) groups is 1. The topological polar surface area (TPSA) is 106 Å². The molecule has 2 aromatic carbocycles. The van der Waals surface area contributed by atoms with Crippen LogP contribution >= 0.6 is 11.6 Å². The molecule has 0 fully saturated rings. The molecule has 24 heavy (non-hydrogen) atoms. The lowest BCUT2D eigenvalue weighted by Crippen LogP contribution is -2.23. The van der Waals surface area contributed by atoms with Crippen LogP contribution < -0.4 is 5.32 Å². The molecule has 2 rings (SSSR count). The lowest BCUT2D eigenvalue weighted by molar-refractivity contribution is -0.385. The Labute approximate surface area is 143 Å². The highest BCUT2D eigenvalue weighted by molar-refractivity contribution is 7.90. The number of nitrogens with one attached hydrogen (secondary N) is 1. The van der Waals surface area contributed by atoms with Crippen molar-refractivity contribution in [2.75, 3.05) is 6.26 Å². The van der Waals surface area contributed by atoms with Crippen LogP contribution in [0.1, 0.15) is 15.9 Å². The third kappa shape index (κ3) is 4.09. The number of hydrogen-bond donors (Lipinski definition) is 1. The molecular weight excluding hydrogens is 356 g/mol. The molecule has 0 spiro atoms. The van der Waals surface area contributed by atoms with Gasteiger partial charge in [-0.15, -0.1) is 0 Å². The van der Waals surface area contributed by atoms with Crippen LogP contribution in [0, 0.1) is 10.1 Å². The average molecular weight is 369 g/mol. The first-order valence-electron chi connectivity index (χ1n) is 6.70. The van der Waals surface area contributed by atoms with Crippen LogP contribution in [-0.4, -0.2) is 25.5 Å². The standard InChI is InChI=1S/C15H13ClN2O5S/c1-24(22,23)14-8-10(6-7-12(14)16)15(19)17-9-11-4-2-3-5-13(11)18(20)21/h2-8H,9H2,1H3,(H,17,19). The molecule has 1 N–H and O–H groups in total. The molecule has 7 nitrogen and oxygen atoms in total. The van der Waals surface area contributed by atoms with Gasteiger partial charge in [0.15, 0.2) is 9.84 Å². The van der Waals surface area contributed by atoms with Crippen molar-refractivity contribution in [3.05, 3.63) is 68.7 Å². The maximum atomic E-state index is 12.2. The number of hydrogen-bond acceptors (Lipinski definition) is 5. The number of sulfone groups is 1. The van der Waals surface area contributed by atoms with E-state index >= 15 is 0 Å². The Balaban J connectivity index is 2.22. The van der Waals surface area contributed by atoms with Crippen LogP contribution in [-0.2, 0) is 16.4 Å². The van der Waals surface area contributed by atoms with Gasteiger partial charge in [0, 0.05) is 30.0 Å². The third-order valence-corrected chi connectivity index (χ3v) is 4.80.